The van der Waals surface area contributed by atoms with Crippen LogP contribution in [0.15, 0.2) is 28.7 Å². The number of halogens is 4. The van der Waals surface area contributed by atoms with E-state index in [-0.39, 0.29) is 6.42 Å². The molecule has 0 fully saturated rings. The van der Waals surface area contributed by atoms with E-state index in [1.165, 1.54) is 0 Å². The van der Waals surface area contributed by atoms with Crippen molar-refractivity contribution in [1.82, 2.24) is 15.5 Å². The van der Waals surface area contributed by atoms with Crippen LogP contribution in [0, 0.1) is 3.57 Å². The Morgan fingerprint density at radius 2 is 2.00 bits per heavy atom. The van der Waals surface area contributed by atoms with Crippen molar-refractivity contribution in [3.8, 4) is 11.5 Å². The predicted molar refractivity (Wildman–Crippen MR) is 84.5 cm³/mol. The van der Waals surface area contributed by atoms with Gasteiger partial charge in [-0.3, -0.25) is 4.79 Å². The van der Waals surface area contributed by atoms with Gasteiger partial charge in [0, 0.05) is 16.4 Å². The first-order chi connectivity index (χ1) is 10.8. The van der Waals surface area contributed by atoms with Gasteiger partial charge in [-0.1, -0.05) is 12.1 Å². The second-order valence-electron chi connectivity index (χ2n) is 4.73. The number of nitrogens with one attached hydrogen (secondary N) is 1. The molecule has 0 saturated carbocycles. The molecule has 5 nitrogen and oxygen atoms in total. The minimum atomic E-state index is -4.40. The third-order valence-corrected chi connectivity index (χ3v) is 3.79. The van der Waals surface area contributed by atoms with Crippen molar-refractivity contribution in [2.75, 3.05) is 6.54 Å². The summed E-state index contributed by atoms with van der Waals surface area (Å²) in [4.78, 5) is 11.3. The number of alkyl halides is 3. The molecule has 0 radical (unpaired) electrons. The summed E-state index contributed by atoms with van der Waals surface area (Å²) in [5.74, 6) is 0.0782. The Morgan fingerprint density at radius 1 is 1.26 bits per heavy atom. The molecule has 1 amide bonds. The first kappa shape index (κ1) is 17.7. The van der Waals surface area contributed by atoms with Gasteiger partial charge in [0.25, 0.3) is 0 Å². The highest BCUT2D eigenvalue weighted by molar-refractivity contribution is 14.1. The lowest BCUT2D eigenvalue weighted by Gasteiger charge is -2.07. The molecular weight excluding hydrogens is 426 g/mol. The van der Waals surface area contributed by atoms with Crippen LogP contribution in [0.1, 0.15) is 18.7 Å². The number of carbonyl (C=O) groups is 1. The summed E-state index contributed by atoms with van der Waals surface area (Å²) in [5, 5.41) is 9.64. The second-order valence-corrected chi connectivity index (χ2v) is 5.89. The molecule has 0 atom stereocenters. The van der Waals surface area contributed by atoms with Gasteiger partial charge >= 0.3 is 6.18 Å². The highest BCUT2D eigenvalue weighted by Crippen LogP contribution is 2.23. The summed E-state index contributed by atoms with van der Waals surface area (Å²) in [6, 6.07) is 7.50. The van der Waals surface area contributed by atoms with E-state index in [2.05, 4.69) is 32.8 Å². The highest BCUT2D eigenvalue weighted by atomic mass is 127. The molecule has 0 spiro atoms. The summed E-state index contributed by atoms with van der Waals surface area (Å²) in [7, 11) is 0. The molecule has 2 rings (SSSR count). The number of benzene rings is 1. The van der Waals surface area contributed by atoms with Crippen molar-refractivity contribution in [3.05, 3.63) is 33.7 Å². The number of rotatable bonds is 6. The van der Waals surface area contributed by atoms with Gasteiger partial charge in [0.15, 0.2) is 0 Å². The first-order valence-electron chi connectivity index (χ1n) is 6.76. The van der Waals surface area contributed by atoms with Gasteiger partial charge < -0.3 is 9.73 Å². The van der Waals surface area contributed by atoms with Crippen molar-refractivity contribution < 1.29 is 22.4 Å². The quantitative estimate of drug-likeness (QED) is 0.702. The minimum absolute atomic E-state index is 0.0311. The zero-order valence-electron chi connectivity index (χ0n) is 11.9. The molecule has 1 N–H and O–H groups in total. The van der Waals surface area contributed by atoms with Crippen molar-refractivity contribution >= 4 is 28.5 Å². The van der Waals surface area contributed by atoms with Crippen LogP contribution >= 0.6 is 22.6 Å². The molecule has 0 aliphatic rings. The lowest BCUT2D eigenvalue weighted by atomic mass is 10.2. The van der Waals surface area contributed by atoms with Gasteiger partial charge in [-0.15, -0.1) is 10.2 Å². The molecule has 0 unspecified atom stereocenters. The van der Waals surface area contributed by atoms with E-state index < -0.39 is 18.6 Å². The maximum Gasteiger partial charge on any atom is 0.405 e. The topological polar surface area (TPSA) is 68.0 Å². The SMILES string of the molecule is O=C(CCCc1nnc(-c2ccccc2I)o1)NCC(F)(F)F. The summed E-state index contributed by atoms with van der Waals surface area (Å²) in [6.45, 7) is -1.32. The van der Waals surface area contributed by atoms with Crippen LogP contribution in [0.4, 0.5) is 13.2 Å². The van der Waals surface area contributed by atoms with Gasteiger partial charge in [0.2, 0.25) is 17.7 Å². The molecular formula is C14H13F3IN3O2. The average molecular weight is 439 g/mol. The van der Waals surface area contributed by atoms with E-state index in [1.807, 2.05) is 29.6 Å². The Bertz CT molecular complexity index is 673. The first-order valence-corrected chi connectivity index (χ1v) is 7.84. The fraction of sp³-hybridized carbons (Fsp3) is 0.357. The lowest BCUT2D eigenvalue weighted by molar-refractivity contribution is -0.138. The van der Waals surface area contributed by atoms with Crippen molar-refractivity contribution in [3.63, 3.8) is 0 Å². The smallest absolute Gasteiger partial charge is 0.405 e. The van der Waals surface area contributed by atoms with Crippen LogP contribution in [0.2, 0.25) is 0 Å². The molecule has 0 bridgehead atoms. The largest absolute Gasteiger partial charge is 0.421 e. The predicted octanol–water partition coefficient (Wildman–Crippen LogP) is 3.34. The number of aryl methyl sites for hydroxylation is 1. The van der Waals surface area contributed by atoms with Crippen LogP contribution in [0.25, 0.3) is 11.5 Å². The second kappa shape index (κ2) is 7.75. The normalized spacial score (nSPS) is 11.5. The van der Waals surface area contributed by atoms with Gasteiger partial charge in [0.05, 0.1) is 5.56 Å². The van der Waals surface area contributed by atoms with Crippen LogP contribution in [-0.2, 0) is 11.2 Å². The van der Waals surface area contributed by atoms with Gasteiger partial charge in [0.1, 0.15) is 6.54 Å². The number of aromatic nitrogens is 2. The molecule has 1 aromatic carbocycles. The summed E-state index contributed by atoms with van der Waals surface area (Å²) in [6.07, 6.45) is -3.77. The number of hydrogen-bond donors (Lipinski definition) is 1. The number of carbonyl (C=O) groups excluding carboxylic acids is 1. The van der Waals surface area contributed by atoms with E-state index >= 15 is 0 Å². The van der Waals surface area contributed by atoms with Crippen LogP contribution in [0.3, 0.4) is 0 Å². The van der Waals surface area contributed by atoms with Crippen LogP contribution in [0.5, 0.6) is 0 Å². The molecule has 0 aliphatic heterocycles. The molecule has 124 valence electrons. The van der Waals surface area contributed by atoms with Crippen LogP contribution < -0.4 is 5.32 Å². The average Bonchev–Trinajstić information content (AvgIpc) is 2.93. The fourth-order valence-electron chi connectivity index (χ4n) is 1.79. The monoisotopic (exact) mass is 439 g/mol. The Labute approximate surface area is 143 Å². The van der Waals surface area contributed by atoms with Gasteiger partial charge in [-0.2, -0.15) is 13.2 Å². The maximum absolute atomic E-state index is 12.0. The van der Waals surface area contributed by atoms with Crippen molar-refractivity contribution in [1.29, 1.82) is 0 Å². The van der Waals surface area contributed by atoms with E-state index in [9.17, 15) is 18.0 Å². The van der Waals surface area contributed by atoms with Gasteiger partial charge in [-0.25, -0.2) is 0 Å². The Hall–Kier alpha value is -1.65. The lowest BCUT2D eigenvalue weighted by Crippen LogP contribution is -2.33. The van der Waals surface area contributed by atoms with Crippen molar-refractivity contribution in [2.45, 2.75) is 25.4 Å². The summed E-state index contributed by atoms with van der Waals surface area (Å²) in [5.41, 5.74) is 0.815. The Kier molecular flexibility index (Phi) is 5.97. The standard InChI is InChI=1S/C14H13F3IN3O2/c15-14(16,17)8-19-11(22)6-3-7-12-20-21-13(23-12)9-4-1-2-5-10(9)18/h1-2,4-5H,3,6-8H2,(H,19,22). The fourth-order valence-corrected chi connectivity index (χ4v) is 2.40. The molecule has 1 aromatic heterocycles. The highest BCUT2D eigenvalue weighted by Gasteiger charge is 2.27. The molecule has 9 heteroatoms. The number of amides is 1. The zero-order chi connectivity index (χ0) is 16.9. The molecule has 0 saturated heterocycles. The summed E-state index contributed by atoms with van der Waals surface area (Å²) < 4.78 is 42.3. The summed E-state index contributed by atoms with van der Waals surface area (Å²) >= 11 is 2.15. The van der Waals surface area contributed by atoms with Crippen LogP contribution in [-0.4, -0.2) is 28.8 Å². The van der Waals surface area contributed by atoms with Crippen molar-refractivity contribution in [2.24, 2.45) is 0 Å². The molecule has 2 aromatic rings. The molecule has 1 heterocycles. The molecule has 23 heavy (non-hydrogen) atoms. The molecule has 0 aliphatic carbocycles. The van der Waals surface area contributed by atoms with E-state index in [4.69, 9.17) is 4.42 Å². The van der Waals surface area contributed by atoms with Gasteiger partial charge in [-0.05, 0) is 41.1 Å². The van der Waals surface area contributed by atoms with E-state index in [1.54, 1.807) is 0 Å². The zero-order valence-corrected chi connectivity index (χ0v) is 14.0. The third kappa shape index (κ3) is 5.81. The van der Waals surface area contributed by atoms with E-state index in [0.717, 1.165) is 9.13 Å². The van der Waals surface area contributed by atoms with E-state index in [0.29, 0.717) is 24.6 Å². The Balaban J connectivity index is 1.82. The number of hydrogen-bond acceptors (Lipinski definition) is 4. The minimum Gasteiger partial charge on any atom is -0.421 e. The maximum atomic E-state index is 12.0. The third-order valence-electron chi connectivity index (χ3n) is 2.85. The Morgan fingerprint density at radius 3 is 2.70 bits per heavy atom. The number of nitrogens with zero attached hydrogens (tertiary/aromatic N) is 2.